The van der Waals surface area contributed by atoms with Crippen LogP contribution in [0, 0.1) is 24.7 Å². The van der Waals surface area contributed by atoms with E-state index in [1.807, 2.05) is 58.1 Å². The minimum absolute atomic E-state index is 0.0580. The Morgan fingerprint density at radius 1 is 1.09 bits per heavy atom. The third kappa shape index (κ3) is 9.29. The van der Waals surface area contributed by atoms with Crippen LogP contribution in [0.1, 0.15) is 95.1 Å². The van der Waals surface area contributed by atoms with Gasteiger partial charge < -0.3 is 33.9 Å². The summed E-state index contributed by atoms with van der Waals surface area (Å²) in [5.41, 5.74) is 3.57. The first-order chi connectivity index (χ1) is 21.3. The van der Waals surface area contributed by atoms with Crippen LogP contribution < -0.4 is 4.74 Å². The Labute approximate surface area is 270 Å². The van der Waals surface area contributed by atoms with Crippen molar-refractivity contribution in [3.63, 3.8) is 0 Å². The number of benzene rings is 1. The van der Waals surface area contributed by atoms with Crippen LogP contribution in [0.2, 0.25) is 0 Å². The van der Waals surface area contributed by atoms with Crippen molar-refractivity contribution in [3.8, 4) is 5.75 Å². The number of hydrogen-bond donors (Lipinski definition) is 2. The summed E-state index contributed by atoms with van der Waals surface area (Å²) in [5, 5.41) is 23.0. The second-order valence-electron chi connectivity index (χ2n) is 13.2. The van der Waals surface area contributed by atoms with E-state index in [-0.39, 0.29) is 48.9 Å². The van der Waals surface area contributed by atoms with E-state index in [0.29, 0.717) is 29.7 Å². The van der Waals surface area contributed by atoms with Crippen LogP contribution in [0.15, 0.2) is 42.0 Å². The van der Waals surface area contributed by atoms with Gasteiger partial charge in [-0.3, -0.25) is 0 Å². The fourth-order valence-electron chi connectivity index (χ4n) is 6.57. The maximum absolute atomic E-state index is 14.0. The number of hydrogen-bond acceptors (Lipinski definition) is 8. The third-order valence-corrected chi connectivity index (χ3v) is 9.78. The topological polar surface area (TPSA) is 104 Å². The van der Waals surface area contributed by atoms with Gasteiger partial charge >= 0.3 is 5.97 Å². The number of cyclic esters (lactones) is 1. The number of carbonyl (C=O) groups is 1. The highest BCUT2D eigenvalue weighted by molar-refractivity contribution is 5.96. The molecule has 1 unspecified atom stereocenters. The van der Waals surface area contributed by atoms with Crippen molar-refractivity contribution in [2.24, 2.45) is 17.8 Å². The zero-order valence-corrected chi connectivity index (χ0v) is 29.0. The molecule has 252 valence electrons. The van der Waals surface area contributed by atoms with Gasteiger partial charge in [-0.1, -0.05) is 58.4 Å². The van der Waals surface area contributed by atoms with Gasteiger partial charge in [-0.05, 0) is 67.5 Å². The third-order valence-electron chi connectivity index (χ3n) is 9.78. The van der Waals surface area contributed by atoms with Crippen molar-refractivity contribution in [2.45, 2.75) is 117 Å². The van der Waals surface area contributed by atoms with Gasteiger partial charge in [0.1, 0.15) is 11.9 Å². The summed E-state index contributed by atoms with van der Waals surface area (Å²) >= 11 is 0. The van der Waals surface area contributed by atoms with E-state index in [9.17, 15) is 15.0 Å². The van der Waals surface area contributed by atoms with E-state index in [4.69, 9.17) is 23.7 Å². The van der Waals surface area contributed by atoms with Gasteiger partial charge in [-0.2, -0.15) is 0 Å². The van der Waals surface area contributed by atoms with Crippen LogP contribution in [0.25, 0.3) is 5.57 Å². The first kappa shape index (κ1) is 37.0. The van der Waals surface area contributed by atoms with Crippen molar-refractivity contribution < 1.29 is 38.7 Å². The smallest absolute Gasteiger partial charge is 0.339 e. The average Bonchev–Trinajstić information content (AvgIpc) is 3.01. The summed E-state index contributed by atoms with van der Waals surface area (Å²) < 4.78 is 30.0. The van der Waals surface area contributed by atoms with Crippen LogP contribution >= 0.6 is 0 Å². The highest BCUT2D eigenvalue weighted by Gasteiger charge is 2.48. The number of aliphatic hydroxyl groups is 2. The molecule has 1 aromatic rings. The van der Waals surface area contributed by atoms with Crippen molar-refractivity contribution in [3.05, 3.63) is 58.7 Å². The summed E-state index contributed by atoms with van der Waals surface area (Å²) in [6.45, 7) is 14.0. The van der Waals surface area contributed by atoms with Gasteiger partial charge in [0, 0.05) is 45.3 Å². The maximum atomic E-state index is 14.0. The predicted molar refractivity (Wildman–Crippen MR) is 177 cm³/mol. The summed E-state index contributed by atoms with van der Waals surface area (Å²) in [4.78, 5) is 14.0. The fourth-order valence-corrected chi connectivity index (χ4v) is 6.57. The molecular formula is C37H56O8. The molecule has 0 aliphatic carbocycles. The molecule has 0 amide bonds. The Hall–Kier alpha value is -2.49. The van der Waals surface area contributed by atoms with Crippen LogP contribution in [0.4, 0.5) is 0 Å². The number of fused-ring (bicyclic) bond motifs is 1. The molecule has 1 saturated heterocycles. The second kappa shape index (κ2) is 16.4. The van der Waals surface area contributed by atoms with E-state index in [2.05, 4.69) is 20.8 Å². The van der Waals surface area contributed by atoms with Crippen molar-refractivity contribution in [1.29, 1.82) is 0 Å². The summed E-state index contributed by atoms with van der Waals surface area (Å²) in [5.74, 6) is -1.24. The second-order valence-corrected chi connectivity index (χ2v) is 13.2. The number of aliphatic hydroxyl groups excluding tert-OH is 1. The van der Waals surface area contributed by atoms with Gasteiger partial charge in [0.25, 0.3) is 0 Å². The Bertz CT molecular complexity index is 1240. The maximum Gasteiger partial charge on any atom is 0.339 e. The minimum atomic E-state index is -1.57. The molecule has 2 N–H and O–H groups in total. The largest absolute Gasteiger partial charge is 0.496 e. The van der Waals surface area contributed by atoms with E-state index < -0.39 is 24.0 Å². The van der Waals surface area contributed by atoms with E-state index in [1.54, 1.807) is 27.4 Å². The zero-order chi connectivity index (χ0) is 33.5. The molecule has 2 aliphatic rings. The van der Waals surface area contributed by atoms with Crippen LogP contribution in [0.5, 0.6) is 5.75 Å². The molecule has 2 aliphatic heterocycles. The van der Waals surface area contributed by atoms with Gasteiger partial charge in [0.15, 0.2) is 5.79 Å². The molecule has 0 bridgehead atoms. The number of allylic oxidation sites excluding steroid dienone is 3. The fraction of sp³-hybridized carbons (Fsp3) is 0.649. The van der Waals surface area contributed by atoms with E-state index >= 15 is 0 Å². The molecule has 2 heterocycles. The van der Waals surface area contributed by atoms with Gasteiger partial charge in [-0.25, -0.2) is 4.79 Å². The Morgan fingerprint density at radius 3 is 2.42 bits per heavy atom. The molecule has 9 atom stereocenters. The Morgan fingerprint density at radius 2 is 1.80 bits per heavy atom. The highest BCUT2D eigenvalue weighted by Crippen LogP contribution is 2.40. The normalized spacial score (nSPS) is 35.6. The lowest BCUT2D eigenvalue weighted by Gasteiger charge is -2.47. The Kier molecular flexibility index (Phi) is 13.4. The summed E-state index contributed by atoms with van der Waals surface area (Å²) in [6.07, 6.45) is 7.63. The molecule has 1 fully saturated rings. The lowest BCUT2D eigenvalue weighted by atomic mass is 9.80. The van der Waals surface area contributed by atoms with Crippen molar-refractivity contribution >= 4 is 11.5 Å². The molecule has 1 aromatic carbocycles. The van der Waals surface area contributed by atoms with E-state index in [1.165, 1.54) is 0 Å². The van der Waals surface area contributed by atoms with Crippen LogP contribution in [0.3, 0.4) is 0 Å². The molecule has 8 nitrogen and oxygen atoms in total. The van der Waals surface area contributed by atoms with Crippen LogP contribution in [-0.4, -0.2) is 73.8 Å². The number of aryl methyl sites for hydroxylation is 1. The standard InChI is InChI=1S/C37H56O8/c1-11-22(2)35-27(7)33(43-10)21-37(40,45-35)20-29-18-28(41-8)16-15-25(5)34(38)24(4)14-12-13-23(3)30-19-32(42-9)26(6)17-31(30)36(39)44-29/h12-15,17,19,22,24,27-29,33-35,38,40H,11,16,18,20-21H2,1-10H3/b14-12+,23-13+,25-15+/t22?,24-,27-,28+,29-,33-,34-,35+,37-/m0/s1. The number of rotatable bonds is 7. The summed E-state index contributed by atoms with van der Waals surface area (Å²) in [7, 11) is 4.89. The molecule has 0 radical (unpaired) electrons. The monoisotopic (exact) mass is 628 g/mol. The lowest BCUT2D eigenvalue weighted by Crippen LogP contribution is -2.54. The lowest BCUT2D eigenvalue weighted by molar-refractivity contribution is -0.308. The molecule has 8 heteroatoms. The predicted octanol–water partition coefficient (Wildman–Crippen LogP) is 6.81. The quantitative estimate of drug-likeness (QED) is 0.251. The minimum Gasteiger partial charge on any atom is -0.496 e. The van der Waals surface area contributed by atoms with Gasteiger partial charge in [-0.15, -0.1) is 0 Å². The van der Waals surface area contributed by atoms with Crippen molar-refractivity contribution in [2.75, 3.05) is 21.3 Å². The number of ether oxygens (including phenoxy) is 5. The molecular weight excluding hydrogens is 572 g/mol. The first-order valence-corrected chi connectivity index (χ1v) is 16.3. The molecule has 45 heavy (non-hydrogen) atoms. The molecule has 0 saturated carbocycles. The van der Waals surface area contributed by atoms with Crippen molar-refractivity contribution in [1.82, 2.24) is 0 Å². The van der Waals surface area contributed by atoms with Gasteiger partial charge in [0.05, 0.1) is 37.1 Å². The van der Waals surface area contributed by atoms with Crippen LogP contribution in [-0.2, 0) is 18.9 Å². The Balaban J connectivity index is 2.10. The molecule has 0 spiro atoms. The van der Waals surface area contributed by atoms with E-state index in [0.717, 1.165) is 23.1 Å². The van der Waals surface area contributed by atoms with Gasteiger partial charge in [0.2, 0.25) is 0 Å². The molecule has 0 aromatic heterocycles. The first-order valence-electron chi connectivity index (χ1n) is 16.3. The zero-order valence-electron chi connectivity index (χ0n) is 29.0. The SMILES string of the molecule is CCC(C)[C@H]1O[C@@](O)(C[C@@H]2C[C@H](OC)C/C=C(\C)[C@@H](O)[C@@H](C)/C=C/C=C(\C)c3cc(OC)c(C)cc3C(=O)O2)C[C@H](OC)[C@@H]1C. The summed E-state index contributed by atoms with van der Waals surface area (Å²) in [6, 6.07) is 3.64. The molecule has 3 rings (SSSR count). The highest BCUT2D eigenvalue weighted by atomic mass is 16.6. The average molecular weight is 629 g/mol. The number of methoxy groups -OCH3 is 3. The number of esters is 1. The number of carbonyl (C=O) groups excluding carboxylic acids is 1.